The molecule has 4 atom stereocenters. The predicted molar refractivity (Wildman–Crippen MR) is 104 cm³/mol. The summed E-state index contributed by atoms with van der Waals surface area (Å²) in [6.07, 6.45) is 10.7. The Bertz CT molecular complexity index is 725. The second-order valence-corrected chi connectivity index (χ2v) is 9.58. The summed E-state index contributed by atoms with van der Waals surface area (Å²) in [4.78, 5) is 14.6. The third kappa shape index (κ3) is 2.54. The number of fused-ring (bicyclic) bond motifs is 1. The van der Waals surface area contributed by atoms with E-state index in [1.807, 2.05) is 6.07 Å². The van der Waals surface area contributed by atoms with Gasteiger partial charge in [-0.25, -0.2) is 0 Å². The van der Waals surface area contributed by atoms with E-state index in [-0.39, 0.29) is 5.91 Å². The summed E-state index contributed by atoms with van der Waals surface area (Å²) in [5.74, 6) is 2.33. The number of primary amides is 1. The second kappa shape index (κ2) is 6.09. The topological polar surface area (TPSA) is 46.3 Å². The summed E-state index contributed by atoms with van der Waals surface area (Å²) in [6.45, 7) is 4.99. The fraction of sp³-hybridized carbons (Fsp3) is 0.696. The Morgan fingerprint density at radius 1 is 1.27 bits per heavy atom. The number of hydrogen-bond donors (Lipinski definition) is 1. The maximum Gasteiger partial charge on any atom is 0.248 e. The van der Waals surface area contributed by atoms with Gasteiger partial charge in [0, 0.05) is 23.6 Å². The monoisotopic (exact) mass is 352 g/mol. The van der Waals surface area contributed by atoms with E-state index in [0.717, 1.165) is 24.2 Å². The molecule has 3 aliphatic carbocycles. The van der Waals surface area contributed by atoms with Gasteiger partial charge in [-0.15, -0.1) is 0 Å². The number of carbonyl (C=O) groups is 1. The number of benzene rings is 1. The van der Waals surface area contributed by atoms with Crippen LogP contribution in [0.2, 0.25) is 0 Å². The van der Waals surface area contributed by atoms with E-state index in [1.54, 1.807) is 0 Å². The molecular weight excluding hydrogens is 320 g/mol. The van der Waals surface area contributed by atoms with Crippen LogP contribution in [0.4, 0.5) is 0 Å². The largest absolute Gasteiger partial charge is 0.366 e. The van der Waals surface area contributed by atoms with Crippen molar-refractivity contribution < 1.29 is 4.79 Å². The van der Waals surface area contributed by atoms with Crippen molar-refractivity contribution in [1.82, 2.24) is 4.90 Å². The summed E-state index contributed by atoms with van der Waals surface area (Å²) in [6, 6.07) is 7.03. The van der Waals surface area contributed by atoms with Gasteiger partial charge in [0.05, 0.1) is 0 Å². The zero-order valence-corrected chi connectivity index (χ0v) is 16.0. The van der Waals surface area contributed by atoms with Crippen molar-refractivity contribution in [2.24, 2.45) is 23.5 Å². The molecule has 26 heavy (non-hydrogen) atoms. The van der Waals surface area contributed by atoms with Crippen molar-refractivity contribution in [2.75, 3.05) is 13.1 Å². The second-order valence-electron chi connectivity index (χ2n) is 9.58. The van der Waals surface area contributed by atoms with E-state index in [0.29, 0.717) is 17.0 Å². The molecule has 2 N–H and O–H groups in total. The quantitative estimate of drug-likeness (QED) is 0.893. The maximum atomic E-state index is 11.8. The number of nitrogens with two attached hydrogens (primary N) is 1. The molecule has 0 radical (unpaired) electrons. The van der Waals surface area contributed by atoms with Gasteiger partial charge in [0.15, 0.2) is 0 Å². The molecule has 3 nitrogen and oxygen atoms in total. The lowest BCUT2D eigenvalue weighted by atomic mass is 9.52. The Balaban J connectivity index is 1.52. The van der Waals surface area contributed by atoms with Crippen molar-refractivity contribution in [1.29, 1.82) is 0 Å². The van der Waals surface area contributed by atoms with Crippen molar-refractivity contribution >= 4 is 5.91 Å². The van der Waals surface area contributed by atoms with E-state index >= 15 is 0 Å². The average Bonchev–Trinajstić information content (AvgIpc) is 3.48. The van der Waals surface area contributed by atoms with Gasteiger partial charge in [-0.05, 0) is 86.1 Å². The highest BCUT2D eigenvalue weighted by molar-refractivity contribution is 5.93. The zero-order chi connectivity index (χ0) is 17.9. The normalized spacial score (nSPS) is 34.7. The van der Waals surface area contributed by atoms with Crippen LogP contribution in [-0.4, -0.2) is 29.9 Å². The molecule has 1 aliphatic heterocycles. The van der Waals surface area contributed by atoms with Gasteiger partial charge in [-0.3, -0.25) is 9.69 Å². The van der Waals surface area contributed by atoms with Crippen LogP contribution in [0, 0.1) is 17.8 Å². The van der Waals surface area contributed by atoms with Gasteiger partial charge in [0.1, 0.15) is 0 Å². The molecule has 4 aliphatic rings. The average molecular weight is 353 g/mol. The lowest BCUT2D eigenvalue weighted by Crippen LogP contribution is -2.61. The Morgan fingerprint density at radius 2 is 2.12 bits per heavy atom. The number of likely N-dealkylation sites (tertiary alicyclic amines) is 1. The molecule has 1 aromatic rings. The smallest absolute Gasteiger partial charge is 0.248 e. The van der Waals surface area contributed by atoms with Crippen LogP contribution in [0.15, 0.2) is 18.2 Å². The number of carbonyl (C=O) groups excluding carboxylic acids is 1. The molecule has 2 bridgehead atoms. The van der Waals surface area contributed by atoms with Crippen LogP contribution in [0.25, 0.3) is 0 Å². The standard InChI is InChI=1S/C23H32N2O/c1-15(16-5-6-16)14-25-11-10-23-9-3-2-4-19(23)21(25)13-17-7-8-18(22(24)26)12-20(17)23/h7-8,12,15-16,19,21H,2-6,9-11,13-14H2,1H3,(H2,24,26)/t15-,19?,21?,23?/m0/s1. The first-order chi connectivity index (χ1) is 12.6. The molecular formula is C23H32N2O. The van der Waals surface area contributed by atoms with Crippen LogP contribution in [0.3, 0.4) is 0 Å². The van der Waals surface area contributed by atoms with Crippen molar-refractivity contribution in [3.8, 4) is 0 Å². The minimum atomic E-state index is -0.283. The highest BCUT2D eigenvalue weighted by Crippen LogP contribution is 2.56. The first-order valence-electron chi connectivity index (χ1n) is 10.8. The Hall–Kier alpha value is -1.35. The van der Waals surface area contributed by atoms with E-state index in [1.165, 1.54) is 69.2 Å². The highest BCUT2D eigenvalue weighted by atomic mass is 16.1. The molecule has 1 amide bonds. The number of nitrogens with zero attached hydrogens (tertiary/aromatic N) is 1. The van der Waals surface area contributed by atoms with Gasteiger partial charge >= 0.3 is 0 Å². The molecule has 3 heteroatoms. The number of piperidine rings is 1. The Labute approximate surface area is 157 Å². The predicted octanol–water partition coefficient (Wildman–Crippen LogP) is 3.89. The molecule has 0 aromatic heterocycles. The van der Waals surface area contributed by atoms with E-state index in [4.69, 9.17) is 5.73 Å². The zero-order valence-electron chi connectivity index (χ0n) is 16.0. The van der Waals surface area contributed by atoms with Crippen molar-refractivity contribution in [3.63, 3.8) is 0 Å². The minimum Gasteiger partial charge on any atom is -0.366 e. The first kappa shape index (κ1) is 16.8. The van der Waals surface area contributed by atoms with Gasteiger partial charge in [-0.2, -0.15) is 0 Å². The van der Waals surface area contributed by atoms with E-state index in [2.05, 4.69) is 24.0 Å². The van der Waals surface area contributed by atoms with Crippen LogP contribution in [0.5, 0.6) is 0 Å². The number of amides is 1. The van der Waals surface area contributed by atoms with Gasteiger partial charge in [0.2, 0.25) is 5.91 Å². The Kier molecular flexibility index (Phi) is 3.93. The molecule has 0 spiro atoms. The van der Waals surface area contributed by atoms with Crippen LogP contribution >= 0.6 is 0 Å². The molecule has 140 valence electrons. The van der Waals surface area contributed by atoms with E-state index in [9.17, 15) is 4.79 Å². The number of hydrogen-bond acceptors (Lipinski definition) is 2. The summed E-state index contributed by atoms with van der Waals surface area (Å²) in [7, 11) is 0. The molecule has 1 saturated heterocycles. The maximum absolute atomic E-state index is 11.8. The first-order valence-corrected chi connectivity index (χ1v) is 10.8. The van der Waals surface area contributed by atoms with E-state index < -0.39 is 0 Å². The van der Waals surface area contributed by atoms with Crippen molar-refractivity contribution in [2.45, 2.75) is 69.7 Å². The lowest BCUT2D eigenvalue weighted by molar-refractivity contribution is -0.0186. The van der Waals surface area contributed by atoms with Crippen LogP contribution < -0.4 is 5.73 Å². The number of rotatable bonds is 4. The third-order valence-electron chi connectivity index (χ3n) is 8.19. The Morgan fingerprint density at radius 3 is 2.88 bits per heavy atom. The van der Waals surface area contributed by atoms with Gasteiger partial charge < -0.3 is 5.73 Å². The minimum absolute atomic E-state index is 0.283. The molecule has 5 rings (SSSR count). The van der Waals surface area contributed by atoms with Gasteiger partial charge in [-0.1, -0.05) is 25.8 Å². The lowest BCUT2D eigenvalue weighted by Gasteiger charge is -2.59. The fourth-order valence-corrected chi connectivity index (χ4v) is 6.65. The molecule has 1 aromatic carbocycles. The van der Waals surface area contributed by atoms with Crippen LogP contribution in [-0.2, 0) is 11.8 Å². The summed E-state index contributed by atoms with van der Waals surface area (Å²) in [5.41, 5.74) is 9.58. The molecule has 3 fully saturated rings. The summed E-state index contributed by atoms with van der Waals surface area (Å²) >= 11 is 0. The van der Waals surface area contributed by atoms with Crippen LogP contribution in [0.1, 0.15) is 73.4 Å². The van der Waals surface area contributed by atoms with Crippen molar-refractivity contribution in [3.05, 3.63) is 34.9 Å². The molecule has 2 saturated carbocycles. The molecule has 1 heterocycles. The van der Waals surface area contributed by atoms with Gasteiger partial charge in [0.25, 0.3) is 0 Å². The summed E-state index contributed by atoms with van der Waals surface area (Å²) < 4.78 is 0. The third-order valence-corrected chi connectivity index (χ3v) is 8.19. The molecule has 3 unspecified atom stereocenters. The summed E-state index contributed by atoms with van der Waals surface area (Å²) in [5, 5.41) is 0. The fourth-order valence-electron chi connectivity index (χ4n) is 6.65. The highest BCUT2D eigenvalue weighted by Gasteiger charge is 2.54. The SMILES string of the molecule is C[C@@H](CN1CCC23CCCCC2C1Cc1ccc(C(N)=O)cc13)C1CC1.